The molecule has 0 saturated carbocycles. The summed E-state index contributed by atoms with van der Waals surface area (Å²) in [6, 6.07) is 24.2. The lowest BCUT2D eigenvalue weighted by molar-refractivity contribution is 0.101. The molecule has 10 heteroatoms. The molecule has 4 aromatic rings. The zero-order chi connectivity index (χ0) is 27.5. The molecule has 0 aliphatic rings. The van der Waals surface area contributed by atoms with Crippen molar-refractivity contribution in [3.05, 3.63) is 114 Å². The molecule has 4 aromatic carbocycles. The molecule has 0 aliphatic carbocycles. The average molecular weight is 551 g/mol. The summed E-state index contributed by atoms with van der Waals surface area (Å²) in [5, 5.41) is 0. The Balaban J connectivity index is 1.72. The number of carbonyl (C=O) groups is 1. The number of anilines is 2. The summed E-state index contributed by atoms with van der Waals surface area (Å²) >= 11 is 0. The fourth-order valence-corrected chi connectivity index (χ4v) is 6.10. The van der Waals surface area contributed by atoms with Crippen LogP contribution in [0.1, 0.15) is 21.5 Å². The number of amides is 1. The number of sulfonamides is 2. The van der Waals surface area contributed by atoms with E-state index in [-0.39, 0.29) is 26.7 Å². The highest BCUT2D eigenvalue weighted by molar-refractivity contribution is 7.93. The van der Waals surface area contributed by atoms with E-state index in [9.17, 15) is 21.6 Å². The van der Waals surface area contributed by atoms with Crippen LogP contribution in [0.5, 0.6) is 5.75 Å². The summed E-state index contributed by atoms with van der Waals surface area (Å²) in [6.07, 6.45) is 0. The van der Waals surface area contributed by atoms with Crippen LogP contribution < -0.4 is 13.8 Å². The Morgan fingerprint density at radius 2 is 1.18 bits per heavy atom. The molecular formula is C28H26N2O6S2. The lowest BCUT2D eigenvalue weighted by Gasteiger charge is -2.23. The molecular weight excluding hydrogens is 524 g/mol. The molecule has 0 atom stereocenters. The molecule has 38 heavy (non-hydrogen) atoms. The van der Waals surface area contributed by atoms with Gasteiger partial charge in [0, 0.05) is 11.3 Å². The van der Waals surface area contributed by atoms with E-state index < -0.39 is 26.0 Å². The predicted octanol–water partition coefficient (Wildman–Crippen LogP) is 5.15. The number of ether oxygens (including phenoxy) is 1. The second kappa shape index (κ2) is 10.7. The smallest absolute Gasteiger partial charge is 0.272 e. The van der Waals surface area contributed by atoms with Gasteiger partial charge in [0.1, 0.15) is 5.75 Å². The Morgan fingerprint density at radius 3 is 1.71 bits per heavy atom. The van der Waals surface area contributed by atoms with Crippen LogP contribution in [-0.4, -0.2) is 29.9 Å². The van der Waals surface area contributed by atoms with Crippen LogP contribution in [0.2, 0.25) is 0 Å². The third kappa shape index (κ3) is 5.71. The third-order valence-electron chi connectivity index (χ3n) is 5.77. The van der Waals surface area contributed by atoms with Crippen molar-refractivity contribution in [2.75, 3.05) is 16.1 Å². The van der Waals surface area contributed by atoms with Crippen LogP contribution in [0.15, 0.2) is 107 Å². The van der Waals surface area contributed by atoms with Gasteiger partial charge in [0.2, 0.25) is 0 Å². The number of carbonyl (C=O) groups excluding carboxylic acids is 1. The van der Waals surface area contributed by atoms with Crippen molar-refractivity contribution in [2.24, 2.45) is 0 Å². The number of nitrogens with one attached hydrogen (secondary N) is 1. The average Bonchev–Trinajstić information content (AvgIpc) is 2.90. The SMILES string of the molecule is COc1ccc(S(=O)(=O)N(C(=O)c2ccc(C)cc2)c2ccc(NS(=O)(=O)c3ccc(C)cc3)cc2)cc1. The van der Waals surface area contributed by atoms with E-state index in [4.69, 9.17) is 4.74 Å². The standard InChI is InChI=1S/C28H26N2O6S2/c1-20-4-8-22(9-5-20)28(31)30(38(34,35)27-18-14-25(36-3)15-19-27)24-12-10-23(11-13-24)29-37(32,33)26-16-6-21(2)7-17-26/h4-19,29H,1-3H3. The lowest BCUT2D eigenvalue weighted by Crippen LogP contribution is -2.37. The first-order valence-corrected chi connectivity index (χ1v) is 14.4. The fourth-order valence-electron chi connectivity index (χ4n) is 3.63. The predicted molar refractivity (Wildman–Crippen MR) is 147 cm³/mol. The monoisotopic (exact) mass is 550 g/mol. The number of aryl methyl sites for hydroxylation is 2. The van der Waals surface area contributed by atoms with Crippen molar-refractivity contribution in [1.29, 1.82) is 0 Å². The zero-order valence-corrected chi connectivity index (χ0v) is 22.6. The highest BCUT2D eigenvalue weighted by atomic mass is 32.2. The van der Waals surface area contributed by atoms with Gasteiger partial charge in [0.25, 0.3) is 26.0 Å². The Hall–Kier alpha value is -4.15. The van der Waals surface area contributed by atoms with E-state index in [1.54, 1.807) is 36.4 Å². The number of methoxy groups -OCH3 is 1. The van der Waals surface area contributed by atoms with Gasteiger partial charge in [-0.2, -0.15) is 4.31 Å². The van der Waals surface area contributed by atoms with Crippen LogP contribution in [0.3, 0.4) is 0 Å². The first-order chi connectivity index (χ1) is 18.0. The van der Waals surface area contributed by atoms with Crippen molar-refractivity contribution in [1.82, 2.24) is 0 Å². The normalized spacial score (nSPS) is 11.6. The molecule has 0 saturated heterocycles. The number of rotatable bonds is 8. The Labute approximate surface area is 222 Å². The largest absolute Gasteiger partial charge is 0.497 e. The molecule has 0 aromatic heterocycles. The minimum atomic E-state index is -4.34. The first kappa shape index (κ1) is 26.9. The van der Waals surface area contributed by atoms with Gasteiger partial charge in [-0.15, -0.1) is 0 Å². The van der Waals surface area contributed by atoms with E-state index in [0.717, 1.165) is 11.1 Å². The highest BCUT2D eigenvalue weighted by Crippen LogP contribution is 2.29. The summed E-state index contributed by atoms with van der Waals surface area (Å²) in [5.74, 6) is -0.292. The van der Waals surface area contributed by atoms with Gasteiger partial charge < -0.3 is 4.74 Å². The zero-order valence-electron chi connectivity index (χ0n) is 21.0. The number of nitrogens with zero attached hydrogens (tertiary/aromatic N) is 1. The topological polar surface area (TPSA) is 110 Å². The summed E-state index contributed by atoms with van der Waals surface area (Å²) in [6.45, 7) is 3.71. The molecule has 1 amide bonds. The van der Waals surface area contributed by atoms with Crippen LogP contribution in [-0.2, 0) is 20.0 Å². The molecule has 0 bridgehead atoms. The quantitative estimate of drug-likeness (QED) is 0.325. The summed E-state index contributed by atoms with van der Waals surface area (Å²) in [5.41, 5.74) is 2.27. The van der Waals surface area contributed by atoms with Gasteiger partial charge in [-0.05, 0) is 86.6 Å². The van der Waals surface area contributed by atoms with Gasteiger partial charge >= 0.3 is 0 Å². The Kier molecular flexibility index (Phi) is 7.56. The van der Waals surface area contributed by atoms with Gasteiger partial charge in [-0.1, -0.05) is 35.4 Å². The maximum absolute atomic E-state index is 13.7. The minimum absolute atomic E-state index is 0.0460. The summed E-state index contributed by atoms with van der Waals surface area (Å²) in [4.78, 5) is 13.5. The minimum Gasteiger partial charge on any atom is -0.497 e. The fraction of sp³-hybridized carbons (Fsp3) is 0.107. The number of benzene rings is 4. The third-order valence-corrected chi connectivity index (χ3v) is 8.89. The van der Waals surface area contributed by atoms with Crippen molar-refractivity contribution in [2.45, 2.75) is 23.6 Å². The van der Waals surface area contributed by atoms with Crippen LogP contribution >= 0.6 is 0 Å². The van der Waals surface area contributed by atoms with E-state index in [2.05, 4.69) is 4.72 Å². The van der Waals surface area contributed by atoms with Crippen molar-refractivity contribution in [3.63, 3.8) is 0 Å². The Morgan fingerprint density at radius 1 is 0.684 bits per heavy atom. The van der Waals surface area contributed by atoms with E-state index in [0.29, 0.717) is 10.1 Å². The molecule has 196 valence electrons. The number of hydrogen-bond acceptors (Lipinski definition) is 6. The van der Waals surface area contributed by atoms with Gasteiger partial charge in [-0.25, -0.2) is 16.8 Å². The van der Waals surface area contributed by atoms with Gasteiger partial charge in [0.05, 0.1) is 22.6 Å². The van der Waals surface area contributed by atoms with Crippen LogP contribution in [0.4, 0.5) is 11.4 Å². The van der Waals surface area contributed by atoms with Crippen molar-refractivity contribution in [3.8, 4) is 5.75 Å². The van der Waals surface area contributed by atoms with E-state index >= 15 is 0 Å². The number of hydrogen-bond donors (Lipinski definition) is 1. The van der Waals surface area contributed by atoms with Crippen molar-refractivity contribution < 1.29 is 26.4 Å². The summed E-state index contributed by atoms with van der Waals surface area (Å²) < 4.78 is 61.2. The van der Waals surface area contributed by atoms with Gasteiger partial charge in [-0.3, -0.25) is 9.52 Å². The molecule has 1 N–H and O–H groups in total. The first-order valence-electron chi connectivity index (χ1n) is 11.5. The molecule has 0 heterocycles. The van der Waals surface area contributed by atoms with E-state index in [1.165, 1.54) is 67.8 Å². The maximum atomic E-state index is 13.7. The second-order valence-electron chi connectivity index (χ2n) is 8.58. The molecule has 0 unspecified atom stereocenters. The van der Waals surface area contributed by atoms with Crippen LogP contribution in [0.25, 0.3) is 0 Å². The molecule has 0 radical (unpaired) electrons. The molecule has 4 rings (SSSR count). The highest BCUT2D eigenvalue weighted by Gasteiger charge is 2.32. The molecule has 0 fully saturated rings. The molecule has 0 spiro atoms. The Bertz CT molecular complexity index is 1650. The maximum Gasteiger partial charge on any atom is 0.272 e. The van der Waals surface area contributed by atoms with Gasteiger partial charge in [0.15, 0.2) is 0 Å². The lowest BCUT2D eigenvalue weighted by atomic mass is 10.1. The molecule has 0 aliphatic heterocycles. The van der Waals surface area contributed by atoms with Crippen LogP contribution in [0, 0.1) is 13.8 Å². The molecule has 8 nitrogen and oxygen atoms in total. The van der Waals surface area contributed by atoms with E-state index in [1.807, 2.05) is 13.8 Å². The van der Waals surface area contributed by atoms with Crippen molar-refractivity contribution >= 4 is 37.3 Å². The summed E-state index contributed by atoms with van der Waals surface area (Å²) in [7, 11) is -6.74. The second-order valence-corrected chi connectivity index (χ2v) is 12.1.